The van der Waals surface area contributed by atoms with Crippen molar-refractivity contribution in [2.45, 2.75) is 3.79 Å². The molecule has 0 atom stereocenters. The molecule has 0 saturated heterocycles. The molecule has 0 amide bonds. The van der Waals surface area contributed by atoms with Crippen LogP contribution < -0.4 is 0 Å². The number of nitrogens with zero attached hydrogens (tertiary/aromatic N) is 1. The van der Waals surface area contributed by atoms with Gasteiger partial charge in [0.15, 0.2) is 0 Å². The lowest BCUT2D eigenvalue weighted by Crippen LogP contribution is -2.07. The van der Waals surface area contributed by atoms with E-state index in [4.69, 9.17) is 40.1 Å². The Bertz CT molecular complexity index is 248. The molecule has 66 valence electrons. The highest BCUT2D eigenvalue weighted by atomic mass is 35.6. The second-order valence-corrected chi connectivity index (χ2v) is 4.07. The summed E-state index contributed by atoms with van der Waals surface area (Å²) in [5.41, 5.74) is -0.336. The molecule has 0 aromatic heterocycles. The fourth-order valence-corrected chi connectivity index (χ4v) is 0.738. The molecule has 0 aliphatic heterocycles. The molecular formula is C6H4Cl3NO2. The van der Waals surface area contributed by atoms with E-state index in [-0.39, 0.29) is 5.57 Å². The molecule has 0 rings (SSSR count). The van der Waals surface area contributed by atoms with Gasteiger partial charge in [-0.15, -0.1) is 0 Å². The Balaban J connectivity index is 4.71. The summed E-state index contributed by atoms with van der Waals surface area (Å²) in [6, 6.07) is 1.54. The number of hydrogen-bond acceptors (Lipinski definition) is 3. The maximum atomic E-state index is 10.7. The quantitative estimate of drug-likeness (QED) is 0.298. The summed E-state index contributed by atoms with van der Waals surface area (Å²) >= 11 is 15.9. The fraction of sp³-hybridized carbons (Fsp3) is 0.333. The van der Waals surface area contributed by atoms with Crippen LogP contribution in [0, 0.1) is 11.3 Å². The lowest BCUT2D eigenvalue weighted by molar-refractivity contribution is -0.135. The lowest BCUT2D eigenvalue weighted by Gasteiger charge is -2.03. The summed E-state index contributed by atoms with van der Waals surface area (Å²) in [5, 5.41) is 8.40. The molecule has 0 saturated carbocycles. The highest BCUT2D eigenvalue weighted by Crippen LogP contribution is 2.28. The Morgan fingerprint density at radius 2 is 2.08 bits per heavy atom. The third-order valence-corrected chi connectivity index (χ3v) is 1.16. The van der Waals surface area contributed by atoms with Gasteiger partial charge in [0, 0.05) is 0 Å². The topological polar surface area (TPSA) is 50.1 Å². The molecule has 0 radical (unpaired) electrons. The van der Waals surface area contributed by atoms with E-state index in [9.17, 15) is 4.79 Å². The number of hydrogen-bond donors (Lipinski definition) is 0. The molecule has 0 aliphatic rings. The third-order valence-electron chi connectivity index (χ3n) is 0.834. The number of nitriles is 1. The Morgan fingerprint density at radius 1 is 1.58 bits per heavy atom. The molecular weight excluding hydrogens is 224 g/mol. The van der Waals surface area contributed by atoms with Gasteiger partial charge < -0.3 is 4.74 Å². The first-order valence-corrected chi connectivity index (χ1v) is 3.82. The van der Waals surface area contributed by atoms with E-state index >= 15 is 0 Å². The van der Waals surface area contributed by atoms with Crippen LogP contribution in [0.4, 0.5) is 0 Å². The van der Waals surface area contributed by atoms with Crippen LogP contribution in [0.25, 0.3) is 0 Å². The average molecular weight is 228 g/mol. The predicted molar refractivity (Wildman–Crippen MR) is 46.0 cm³/mol. The number of rotatable bonds is 1. The van der Waals surface area contributed by atoms with Gasteiger partial charge in [0.25, 0.3) is 0 Å². The molecule has 0 fully saturated rings. The van der Waals surface area contributed by atoms with Crippen LogP contribution in [0.3, 0.4) is 0 Å². The Labute approximate surface area is 84.5 Å². The van der Waals surface area contributed by atoms with E-state index in [1.165, 1.54) is 0 Å². The number of halogens is 3. The number of carbonyl (C=O) groups is 1. The van der Waals surface area contributed by atoms with Crippen LogP contribution in [0.15, 0.2) is 11.6 Å². The Kier molecular flexibility index (Phi) is 4.40. The first kappa shape index (κ1) is 11.6. The summed E-state index contributed by atoms with van der Waals surface area (Å²) < 4.78 is 2.48. The number of ether oxygens (including phenoxy) is 1. The van der Waals surface area contributed by atoms with Gasteiger partial charge in [0.05, 0.1) is 7.11 Å². The van der Waals surface area contributed by atoms with E-state index < -0.39 is 9.76 Å². The van der Waals surface area contributed by atoms with E-state index in [0.29, 0.717) is 0 Å². The van der Waals surface area contributed by atoms with Crippen molar-refractivity contribution in [3.63, 3.8) is 0 Å². The van der Waals surface area contributed by atoms with Gasteiger partial charge in [-0.3, -0.25) is 0 Å². The van der Waals surface area contributed by atoms with E-state index in [1.54, 1.807) is 6.07 Å². The molecule has 0 aromatic carbocycles. The zero-order chi connectivity index (χ0) is 9.78. The minimum Gasteiger partial charge on any atom is -0.465 e. The van der Waals surface area contributed by atoms with Gasteiger partial charge in [0.1, 0.15) is 11.6 Å². The molecule has 0 aliphatic carbocycles. The second kappa shape index (κ2) is 4.56. The molecule has 0 N–H and O–H groups in total. The molecule has 0 aromatic rings. The van der Waals surface area contributed by atoms with Gasteiger partial charge in [-0.1, -0.05) is 34.8 Å². The maximum Gasteiger partial charge on any atom is 0.348 e. The second-order valence-electron chi connectivity index (χ2n) is 1.70. The van der Waals surface area contributed by atoms with Gasteiger partial charge in [0.2, 0.25) is 3.79 Å². The van der Waals surface area contributed by atoms with Crippen LogP contribution in [0.5, 0.6) is 0 Å². The summed E-state index contributed by atoms with van der Waals surface area (Å²) in [6.07, 6.45) is 0.892. The normalized spacial score (nSPS) is 12.1. The van der Waals surface area contributed by atoms with Crippen molar-refractivity contribution in [2.75, 3.05) is 7.11 Å². The van der Waals surface area contributed by atoms with Crippen molar-refractivity contribution < 1.29 is 9.53 Å². The number of allylic oxidation sites excluding steroid dienone is 1. The Hall–Kier alpha value is -0.430. The van der Waals surface area contributed by atoms with Gasteiger partial charge in [-0.05, 0) is 6.08 Å². The summed E-state index contributed by atoms with van der Waals surface area (Å²) in [6.45, 7) is 0. The number of alkyl halides is 3. The van der Waals surface area contributed by atoms with Crippen LogP contribution >= 0.6 is 34.8 Å². The molecule has 0 spiro atoms. The molecule has 0 bridgehead atoms. The first-order chi connectivity index (χ1) is 5.40. The van der Waals surface area contributed by atoms with E-state index in [1.807, 2.05) is 0 Å². The zero-order valence-electron chi connectivity index (χ0n) is 5.97. The summed E-state index contributed by atoms with van der Waals surface area (Å²) in [7, 11) is 1.13. The molecule has 0 unspecified atom stereocenters. The standard InChI is InChI=1S/C6H4Cl3NO2/c1-12-5(11)4(3-10)2-6(7,8)9/h2H,1H3/b4-2+. The molecule has 6 heteroatoms. The van der Waals surface area contributed by atoms with E-state index in [0.717, 1.165) is 13.2 Å². The van der Waals surface area contributed by atoms with Gasteiger partial charge in [-0.25, -0.2) is 4.79 Å². The number of carbonyl (C=O) groups excluding carboxylic acids is 1. The largest absolute Gasteiger partial charge is 0.465 e. The fourth-order valence-electron chi connectivity index (χ4n) is 0.410. The van der Waals surface area contributed by atoms with Crippen LogP contribution in [-0.4, -0.2) is 16.9 Å². The van der Waals surface area contributed by atoms with Crippen LogP contribution in [-0.2, 0) is 9.53 Å². The van der Waals surface area contributed by atoms with Crippen molar-refractivity contribution in [1.29, 1.82) is 5.26 Å². The molecule has 12 heavy (non-hydrogen) atoms. The highest BCUT2D eigenvalue weighted by Gasteiger charge is 2.20. The van der Waals surface area contributed by atoms with Crippen molar-refractivity contribution in [3.8, 4) is 6.07 Å². The van der Waals surface area contributed by atoms with Crippen molar-refractivity contribution in [2.24, 2.45) is 0 Å². The minimum atomic E-state index is -1.76. The first-order valence-electron chi connectivity index (χ1n) is 2.68. The smallest absolute Gasteiger partial charge is 0.348 e. The minimum absolute atomic E-state index is 0.336. The number of methoxy groups -OCH3 is 1. The molecule has 3 nitrogen and oxygen atoms in total. The van der Waals surface area contributed by atoms with Gasteiger partial charge in [-0.2, -0.15) is 5.26 Å². The third kappa shape index (κ3) is 4.45. The van der Waals surface area contributed by atoms with Crippen molar-refractivity contribution >= 4 is 40.8 Å². The van der Waals surface area contributed by atoms with Crippen molar-refractivity contribution in [3.05, 3.63) is 11.6 Å². The number of esters is 1. The average Bonchev–Trinajstić information content (AvgIpc) is 1.97. The highest BCUT2D eigenvalue weighted by molar-refractivity contribution is 6.69. The van der Waals surface area contributed by atoms with Crippen LogP contribution in [0.2, 0.25) is 0 Å². The summed E-state index contributed by atoms with van der Waals surface area (Å²) in [5.74, 6) is -0.830. The predicted octanol–water partition coefficient (Wildman–Crippen LogP) is 1.98. The van der Waals surface area contributed by atoms with Gasteiger partial charge >= 0.3 is 5.97 Å². The maximum absolute atomic E-state index is 10.7. The molecule has 0 heterocycles. The SMILES string of the molecule is COC(=O)/C(C#N)=C/C(Cl)(Cl)Cl. The van der Waals surface area contributed by atoms with Crippen molar-refractivity contribution in [1.82, 2.24) is 0 Å². The van der Waals surface area contributed by atoms with E-state index in [2.05, 4.69) is 4.74 Å². The monoisotopic (exact) mass is 227 g/mol. The lowest BCUT2D eigenvalue weighted by atomic mass is 10.3. The summed E-state index contributed by atoms with van der Waals surface area (Å²) in [4.78, 5) is 10.7. The Morgan fingerprint density at radius 3 is 2.33 bits per heavy atom. The van der Waals surface area contributed by atoms with Crippen LogP contribution in [0.1, 0.15) is 0 Å². The zero-order valence-corrected chi connectivity index (χ0v) is 8.24.